The van der Waals surface area contributed by atoms with E-state index in [0.717, 1.165) is 19.0 Å². The van der Waals surface area contributed by atoms with Crippen LogP contribution in [0, 0.1) is 0 Å². The van der Waals surface area contributed by atoms with Crippen molar-refractivity contribution in [3.05, 3.63) is 35.9 Å². The highest BCUT2D eigenvalue weighted by atomic mass is 16.2. The summed E-state index contributed by atoms with van der Waals surface area (Å²) in [4.78, 5) is 23.3. The Morgan fingerprint density at radius 3 is 2.59 bits per heavy atom. The predicted molar refractivity (Wildman–Crippen MR) is 110 cm³/mol. The molecule has 2 unspecified atom stereocenters. The van der Waals surface area contributed by atoms with Gasteiger partial charge in [-0.05, 0) is 44.8 Å². The van der Waals surface area contributed by atoms with Gasteiger partial charge in [0.05, 0.1) is 6.04 Å². The Bertz CT molecular complexity index is 639. The fourth-order valence-corrected chi connectivity index (χ4v) is 3.88. The molecule has 2 aliphatic heterocycles. The lowest BCUT2D eigenvalue weighted by Gasteiger charge is -2.27. The van der Waals surface area contributed by atoms with Gasteiger partial charge in [-0.1, -0.05) is 30.3 Å². The molecular weight excluding hydrogens is 338 g/mol. The topological polar surface area (TPSA) is 51.2 Å². The van der Waals surface area contributed by atoms with E-state index >= 15 is 0 Å². The smallest absolute Gasteiger partial charge is 0.243 e. The van der Waals surface area contributed by atoms with E-state index < -0.39 is 0 Å². The van der Waals surface area contributed by atoms with Crippen LogP contribution in [0.3, 0.4) is 0 Å². The van der Waals surface area contributed by atoms with Crippen LogP contribution in [0.1, 0.15) is 37.8 Å². The Hall–Kier alpha value is -2.08. The zero-order chi connectivity index (χ0) is 19.2. The monoisotopic (exact) mass is 371 g/mol. The van der Waals surface area contributed by atoms with Crippen molar-refractivity contribution in [1.29, 1.82) is 0 Å². The number of guanidine groups is 1. The zero-order valence-electron chi connectivity index (χ0n) is 16.9. The molecule has 0 aliphatic carbocycles. The van der Waals surface area contributed by atoms with Gasteiger partial charge in [0.15, 0.2) is 5.96 Å². The highest BCUT2D eigenvalue weighted by molar-refractivity contribution is 5.85. The van der Waals surface area contributed by atoms with E-state index in [1.165, 1.54) is 37.9 Å². The molecule has 2 atom stereocenters. The molecule has 0 saturated carbocycles. The largest absolute Gasteiger partial charge is 0.350 e. The van der Waals surface area contributed by atoms with Crippen molar-refractivity contribution < 1.29 is 4.79 Å². The van der Waals surface area contributed by atoms with Gasteiger partial charge in [0.25, 0.3) is 0 Å². The Morgan fingerprint density at radius 2 is 1.93 bits per heavy atom. The number of aliphatic imine (C=N–C) groups is 1. The second-order valence-electron chi connectivity index (χ2n) is 7.84. The summed E-state index contributed by atoms with van der Waals surface area (Å²) >= 11 is 0. The first kappa shape index (κ1) is 19.7. The number of carbonyl (C=O) groups excluding carboxylic acids is 1. The molecule has 1 aromatic rings. The lowest BCUT2D eigenvalue weighted by molar-refractivity contribution is -0.127. The van der Waals surface area contributed by atoms with Gasteiger partial charge in [-0.2, -0.15) is 0 Å². The second-order valence-corrected chi connectivity index (χ2v) is 7.84. The van der Waals surface area contributed by atoms with Crippen molar-refractivity contribution in [2.75, 3.05) is 46.8 Å². The number of likely N-dealkylation sites (tertiary alicyclic amines) is 2. The van der Waals surface area contributed by atoms with Crippen LogP contribution in [0.25, 0.3) is 0 Å². The summed E-state index contributed by atoms with van der Waals surface area (Å²) < 4.78 is 0. The molecule has 6 heteroatoms. The molecule has 1 N–H and O–H groups in total. The van der Waals surface area contributed by atoms with Gasteiger partial charge in [0, 0.05) is 33.2 Å². The third-order valence-electron chi connectivity index (χ3n) is 5.63. The number of nitrogens with zero attached hydrogens (tertiary/aromatic N) is 4. The fourth-order valence-electron chi connectivity index (χ4n) is 3.88. The predicted octanol–water partition coefficient (Wildman–Crippen LogP) is 1.95. The maximum atomic E-state index is 12.1. The quantitative estimate of drug-likeness (QED) is 0.635. The fraction of sp³-hybridized carbons (Fsp3) is 0.619. The molecule has 0 bridgehead atoms. The van der Waals surface area contributed by atoms with E-state index in [-0.39, 0.29) is 18.5 Å². The van der Waals surface area contributed by atoms with Gasteiger partial charge in [0.1, 0.15) is 6.54 Å². The average molecular weight is 372 g/mol. The van der Waals surface area contributed by atoms with Gasteiger partial charge in [-0.25, -0.2) is 4.99 Å². The minimum atomic E-state index is 0.0250. The number of likely N-dealkylation sites (N-methyl/N-ethyl adjacent to an activating group) is 1. The Morgan fingerprint density at radius 1 is 1.22 bits per heavy atom. The second kappa shape index (κ2) is 9.22. The van der Waals surface area contributed by atoms with Crippen molar-refractivity contribution in [1.82, 2.24) is 20.0 Å². The molecule has 27 heavy (non-hydrogen) atoms. The molecule has 6 nitrogen and oxygen atoms in total. The minimum absolute atomic E-state index is 0.0250. The maximum Gasteiger partial charge on any atom is 0.243 e. The van der Waals surface area contributed by atoms with E-state index in [9.17, 15) is 4.79 Å². The molecular formula is C21H33N5O. The lowest BCUT2D eigenvalue weighted by Crippen LogP contribution is -2.44. The number of amides is 1. The van der Waals surface area contributed by atoms with E-state index in [0.29, 0.717) is 6.04 Å². The first-order valence-electron chi connectivity index (χ1n) is 10.1. The first-order chi connectivity index (χ1) is 13.0. The molecule has 1 aromatic carbocycles. The van der Waals surface area contributed by atoms with Gasteiger partial charge in [0.2, 0.25) is 5.91 Å². The molecule has 0 aromatic heterocycles. The van der Waals surface area contributed by atoms with E-state index in [2.05, 4.69) is 51.3 Å². The highest BCUT2D eigenvalue weighted by Gasteiger charge is 2.31. The van der Waals surface area contributed by atoms with Crippen LogP contribution < -0.4 is 5.32 Å². The van der Waals surface area contributed by atoms with Crippen LogP contribution in [-0.2, 0) is 4.79 Å². The molecule has 148 valence electrons. The summed E-state index contributed by atoms with van der Waals surface area (Å²) in [6.45, 7) is 6.75. The van der Waals surface area contributed by atoms with Crippen LogP contribution in [0.5, 0.6) is 0 Å². The average Bonchev–Trinajstić information content (AvgIpc) is 3.36. The van der Waals surface area contributed by atoms with Gasteiger partial charge in [-0.15, -0.1) is 0 Å². The normalized spacial score (nSPS) is 22.1. The van der Waals surface area contributed by atoms with Crippen molar-refractivity contribution in [3.63, 3.8) is 0 Å². The zero-order valence-corrected chi connectivity index (χ0v) is 16.9. The summed E-state index contributed by atoms with van der Waals surface area (Å²) in [7, 11) is 3.55. The minimum Gasteiger partial charge on any atom is -0.350 e. The molecule has 3 rings (SSSR count). The summed E-state index contributed by atoms with van der Waals surface area (Å²) in [6.07, 6.45) is 3.80. The Labute approximate surface area is 163 Å². The Kier molecular flexibility index (Phi) is 6.72. The molecule has 0 radical (unpaired) electrons. The number of carbonyl (C=O) groups is 1. The number of hydrogen-bond donors (Lipinski definition) is 1. The van der Waals surface area contributed by atoms with Crippen LogP contribution >= 0.6 is 0 Å². The van der Waals surface area contributed by atoms with Crippen molar-refractivity contribution in [3.8, 4) is 0 Å². The third-order valence-corrected chi connectivity index (χ3v) is 5.63. The van der Waals surface area contributed by atoms with Gasteiger partial charge in [-0.3, -0.25) is 9.69 Å². The lowest BCUT2D eigenvalue weighted by atomic mass is 10.1. The molecule has 2 saturated heterocycles. The van der Waals surface area contributed by atoms with Crippen molar-refractivity contribution >= 4 is 11.9 Å². The molecule has 2 aliphatic rings. The SMILES string of the molecule is CC(NC(=NCC(=O)N(C)C)N1CCC(N2CCCC2)C1)c1ccccc1. The highest BCUT2D eigenvalue weighted by Crippen LogP contribution is 2.21. The van der Waals surface area contributed by atoms with E-state index in [4.69, 9.17) is 0 Å². The summed E-state index contributed by atoms with van der Waals surface area (Å²) in [5.74, 6) is 0.875. The summed E-state index contributed by atoms with van der Waals surface area (Å²) in [5.41, 5.74) is 1.22. The van der Waals surface area contributed by atoms with Crippen LogP contribution in [0.4, 0.5) is 0 Å². The number of rotatable bonds is 5. The number of hydrogen-bond acceptors (Lipinski definition) is 3. The van der Waals surface area contributed by atoms with Crippen molar-refractivity contribution in [2.24, 2.45) is 4.99 Å². The number of benzene rings is 1. The van der Waals surface area contributed by atoms with Crippen LogP contribution in [-0.4, -0.2) is 79.4 Å². The van der Waals surface area contributed by atoms with Gasteiger partial charge >= 0.3 is 0 Å². The molecule has 0 spiro atoms. The first-order valence-corrected chi connectivity index (χ1v) is 10.1. The van der Waals surface area contributed by atoms with Crippen LogP contribution in [0.15, 0.2) is 35.3 Å². The molecule has 2 fully saturated rings. The summed E-state index contributed by atoms with van der Waals surface area (Å²) in [5, 5.41) is 3.57. The van der Waals surface area contributed by atoms with Gasteiger partial charge < -0.3 is 15.1 Å². The maximum absolute atomic E-state index is 12.1. The molecule has 2 heterocycles. The van der Waals surface area contributed by atoms with Crippen molar-refractivity contribution in [2.45, 2.75) is 38.3 Å². The van der Waals surface area contributed by atoms with E-state index in [1.54, 1.807) is 19.0 Å². The Balaban J connectivity index is 1.69. The number of nitrogens with one attached hydrogen (secondary N) is 1. The standard InChI is InChI=1S/C21H33N5O/c1-17(18-9-5-4-6-10-18)23-21(22-15-20(27)24(2)3)26-14-11-19(16-26)25-12-7-8-13-25/h4-6,9-10,17,19H,7-8,11-16H2,1-3H3,(H,22,23). The third kappa shape index (κ3) is 5.22. The van der Waals surface area contributed by atoms with Crippen LogP contribution in [0.2, 0.25) is 0 Å². The molecule has 1 amide bonds. The summed E-state index contributed by atoms with van der Waals surface area (Å²) in [6, 6.07) is 11.1. The van der Waals surface area contributed by atoms with E-state index in [1.807, 2.05) is 6.07 Å².